The lowest BCUT2D eigenvalue weighted by molar-refractivity contribution is 0.1000. The number of hydrogen-bond donors (Lipinski definition) is 1. The van der Waals surface area contributed by atoms with Crippen molar-refractivity contribution in [3.05, 3.63) is 59.7 Å². The van der Waals surface area contributed by atoms with Crippen LogP contribution in [0.3, 0.4) is 0 Å². The van der Waals surface area contributed by atoms with Gasteiger partial charge in [0, 0.05) is 5.56 Å². The summed E-state index contributed by atoms with van der Waals surface area (Å²) in [5.74, 6) is 0.224. The molecule has 0 spiro atoms. The van der Waals surface area contributed by atoms with E-state index in [0.717, 1.165) is 0 Å². The van der Waals surface area contributed by atoms with Gasteiger partial charge in [-0.2, -0.15) is 8.42 Å². The molecule has 1 aliphatic carbocycles. The molecular formula is C19H21NO4S. The van der Waals surface area contributed by atoms with Gasteiger partial charge in [-0.3, -0.25) is 4.79 Å². The number of hydrogen-bond acceptors (Lipinski definition) is 4. The maximum Gasteiger partial charge on any atom is 0.339 e. The fourth-order valence-electron chi connectivity index (χ4n) is 3.19. The number of primary amides is 1. The summed E-state index contributed by atoms with van der Waals surface area (Å²) in [6, 6.07) is 12.6. The van der Waals surface area contributed by atoms with E-state index in [1.165, 1.54) is 61.9 Å². The van der Waals surface area contributed by atoms with Crippen molar-refractivity contribution >= 4 is 16.0 Å². The van der Waals surface area contributed by atoms with Gasteiger partial charge in [-0.25, -0.2) is 0 Å². The van der Waals surface area contributed by atoms with Crippen molar-refractivity contribution in [2.45, 2.75) is 42.9 Å². The molecule has 132 valence electrons. The molecule has 2 N–H and O–H groups in total. The minimum Gasteiger partial charge on any atom is -0.379 e. The van der Waals surface area contributed by atoms with E-state index in [0.29, 0.717) is 5.92 Å². The van der Waals surface area contributed by atoms with Gasteiger partial charge in [0.25, 0.3) is 0 Å². The van der Waals surface area contributed by atoms with Gasteiger partial charge >= 0.3 is 10.1 Å². The second kappa shape index (κ2) is 7.27. The Bertz CT molecular complexity index is 836. The highest BCUT2D eigenvalue weighted by molar-refractivity contribution is 7.87. The van der Waals surface area contributed by atoms with Crippen molar-refractivity contribution in [1.82, 2.24) is 0 Å². The van der Waals surface area contributed by atoms with Gasteiger partial charge < -0.3 is 9.92 Å². The van der Waals surface area contributed by atoms with E-state index in [4.69, 9.17) is 9.92 Å². The Labute approximate surface area is 147 Å². The van der Waals surface area contributed by atoms with E-state index in [2.05, 4.69) is 0 Å². The van der Waals surface area contributed by atoms with E-state index >= 15 is 0 Å². The van der Waals surface area contributed by atoms with Crippen molar-refractivity contribution in [3.63, 3.8) is 0 Å². The fourth-order valence-corrected chi connectivity index (χ4v) is 4.12. The molecule has 0 radical (unpaired) electrons. The van der Waals surface area contributed by atoms with Gasteiger partial charge in [0.2, 0.25) is 5.91 Å². The molecule has 0 saturated heterocycles. The van der Waals surface area contributed by atoms with Crippen molar-refractivity contribution in [2.24, 2.45) is 5.73 Å². The number of benzene rings is 2. The smallest absolute Gasteiger partial charge is 0.339 e. The molecular weight excluding hydrogens is 338 g/mol. The van der Waals surface area contributed by atoms with Crippen LogP contribution in [0.15, 0.2) is 53.4 Å². The van der Waals surface area contributed by atoms with E-state index in [1.807, 2.05) is 12.1 Å². The molecule has 6 heteroatoms. The molecule has 0 aromatic heterocycles. The summed E-state index contributed by atoms with van der Waals surface area (Å²) in [7, 11) is -3.95. The highest BCUT2D eigenvalue weighted by atomic mass is 32.2. The number of carbonyl (C=O) groups excluding carboxylic acids is 1. The molecule has 1 aliphatic rings. The van der Waals surface area contributed by atoms with Crippen LogP contribution in [0, 0.1) is 0 Å². The summed E-state index contributed by atoms with van der Waals surface area (Å²) in [6.07, 6.45) is 6.16. The van der Waals surface area contributed by atoms with Crippen LogP contribution in [0.4, 0.5) is 0 Å². The average Bonchev–Trinajstić information content (AvgIpc) is 2.63. The monoisotopic (exact) mass is 359 g/mol. The molecule has 1 saturated carbocycles. The second-order valence-electron chi connectivity index (χ2n) is 6.33. The Balaban J connectivity index is 1.73. The molecule has 25 heavy (non-hydrogen) atoms. The van der Waals surface area contributed by atoms with Crippen LogP contribution in [-0.4, -0.2) is 14.3 Å². The molecule has 0 atom stereocenters. The van der Waals surface area contributed by atoms with Crippen LogP contribution < -0.4 is 9.92 Å². The topological polar surface area (TPSA) is 86.5 Å². The van der Waals surface area contributed by atoms with E-state index in [9.17, 15) is 13.2 Å². The Morgan fingerprint density at radius 2 is 1.52 bits per heavy atom. The summed E-state index contributed by atoms with van der Waals surface area (Å²) in [5.41, 5.74) is 6.63. The minimum absolute atomic E-state index is 0.0196. The normalized spacial score (nSPS) is 15.7. The summed E-state index contributed by atoms with van der Waals surface area (Å²) in [6.45, 7) is 0. The lowest BCUT2D eigenvalue weighted by atomic mass is 9.84. The van der Waals surface area contributed by atoms with Gasteiger partial charge in [0.1, 0.15) is 10.6 Å². The fraction of sp³-hybridized carbons (Fsp3) is 0.316. The van der Waals surface area contributed by atoms with Gasteiger partial charge in [-0.15, -0.1) is 0 Å². The third kappa shape index (κ3) is 4.20. The van der Waals surface area contributed by atoms with Crippen LogP contribution in [0.5, 0.6) is 5.75 Å². The summed E-state index contributed by atoms with van der Waals surface area (Å²) in [4.78, 5) is 11.0. The third-order valence-corrected chi connectivity index (χ3v) is 5.85. The van der Waals surface area contributed by atoms with Gasteiger partial charge in [0.15, 0.2) is 0 Å². The highest BCUT2D eigenvalue weighted by Gasteiger charge is 2.19. The molecule has 0 unspecified atom stereocenters. The largest absolute Gasteiger partial charge is 0.379 e. The Morgan fingerprint density at radius 3 is 2.08 bits per heavy atom. The van der Waals surface area contributed by atoms with Crippen LogP contribution in [0.25, 0.3) is 0 Å². The van der Waals surface area contributed by atoms with Crippen molar-refractivity contribution in [2.75, 3.05) is 0 Å². The molecule has 0 aliphatic heterocycles. The predicted molar refractivity (Wildman–Crippen MR) is 95.0 cm³/mol. The number of amides is 1. The maximum atomic E-state index is 12.3. The second-order valence-corrected chi connectivity index (χ2v) is 7.88. The number of carbonyl (C=O) groups is 1. The summed E-state index contributed by atoms with van der Waals surface area (Å²) >= 11 is 0. The van der Waals surface area contributed by atoms with Crippen molar-refractivity contribution in [1.29, 1.82) is 0 Å². The summed E-state index contributed by atoms with van der Waals surface area (Å²) in [5, 5.41) is 0. The van der Waals surface area contributed by atoms with Gasteiger partial charge in [0.05, 0.1) is 0 Å². The molecule has 5 nitrogen and oxygen atoms in total. The first-order valence-electron chi connectivity index (χ1n) is 8.40. The zero-order valence-corrected chi connectivity index (χ0v) is 14.7. The summed E-state index contributed by atoms with van der Waals surface area (Å²) < 4.78 is 29.8. The standard InChI is InChI=1S/C19H21NO4S/c20-19(21)16-8-12-18(13-9-16)25(22,23)24-17-10-6-15(7-11-17)14-4-2-1-3-5-14/h6-14H,1-5H2,(H2,20,21). The molecule has 1 amide bonds. The lowest BCUT2D eigenvalue weighted by Gasteiger charge is -2.22. The number of rotatable bonds is 5. The van der Waals surface area contributed by atoms with Gasteiger partial charge in [-0.1, -0.05) is 31.4 Å². The SMILES string of the molecule is NC(=O)c1ccc(S(=O)(=O)Oc2ccc(C3CCCCC3)cc2)cc1. The minimum atomic E-state index is -3.95. The molecule has 0 bridgehead atoms. The third-order valence-electron chi connectivity index (χ3n) is 4.59. The van der Waals surface area contributed by atoms with Crippen LogP contribution in [0.2, 0.25) is 0 Å². The van der Waals surface area contributed by atoms with Crippen molar-refractivity contribution < 1.29 is 17.4 Å². The number of nitrogens with two attached hydrogens (primary N) is 1. The zero-order valence-electron chi connectivity index (χ0n) is 13.9. The first kappa shape index (κ1) is 17.5. The van der Waals surface area contributed by atoms with Crippen LogP contribution in [0.1, 0.15) is 53.9 Å². The zero-order chi connectivity index (χ0) is 17.9. The van der Waals surface area contributed by atoms with Gasteiger partial charge in [-0.05, 0) is 60.7 Å². The molecule has 2 aromatic carbocycles. The Hall–Kier alpha value is -2.34. The van der Waals surface area contributed by atoms with E-state index in [-0.39, 0.29) is 16.2 Å². The first-order valence-corrected chi connectivity index (χ1v) is 9.81. The Kier molecular flexibility index (Phi) is 5.08. The lowest BCUT2D eigenvalue weighted by Crippen LogP contribution is -2.13. The molecule has 3 rings (SSSR count). The molecule has 1 fully saturated rings. The van der Waals surface area contributed by atoms with Crippen LogP contribution >= 0.6 is 0 Å². The van der Waals surface area contributed by atoms with E-state index in [1.54, 1.807) is 12.1 Å². The average molecular weight is 359 g/mol. The maximum absolute atomic E-state index is 12.3. The predicted octanol–water partition coefficient (Wildman–Crippen LogP) is 3.60. The quantitative estimate of drug-likeness (QED) is 0.826. The molecule has 0 heterocycles. The highest BCUT2D eigenvalue weighted by Crippen LogP contribution is 2.33. The molecule has 2 aromatic rings. The first-order chi connectivity index (χ1) is 12.0. The van der Waals surface area contributed by atoms with Crippen LogP contribution in [-0.2, 0) is 10.1 Å². The van der Waals surface area contributed by atoms with E-state index < -0.39 is 16.0 Å². The Morgan fingerprint density at radius 1 is 0.920 bits per heavy atom. The van der Waals surface area contributed by atoms with Crippen molar-refractivity contribution in [3.8, 4) is 5.75 Å².